The molecule has 1 N–H and O–H groups in total. The first kappa shape index (κ1) is 18.1. The van der Waals surface area contributed by atoms with Crippen molar-refractivity contribution < 1.29 is 4.79 Å². The molecule has 1 aromatic heterocycles. The van der Waals surface area contributed by atoms with Gasteiger partial charge in [-0.25, -0.2) is 4.98 Å². The second-order valence-corrected chi connectivity index (χ2v) is 7.23. The molecule has 4 nitrogen and oxygen atoms in total. The van der Waals surface area contributed by atoms with Gasteiger partial charge in [-0.1, -0.05) is 32.0 Å². The van der Waals surface area contributed by atoms with Crippen LogP contribution in [0.3, 0.4) is 0 Å². The summed E-state index contributed by atoms with van der Waals surface area (Å²) in [7, 11) is 0. The second kappa shape index (κ2) is 8.10. The number of amides is 1. The Hall–Kier alpha value is -1.73. The topological polar surface area (TPSA) is 45.2 Å². The number of nitrogens with one attached hydrogen (secondary N) is 1. The van der Waals surface area contributed by atoms with E-state index in [9.17, 15) is 4.79 Å². The highest BCUT2D eigenvalue weighted by Gasteiger charge is 2.12. The number of hydrogen-bond donors (Lipinski definition) is 1. The van der Waals surface area contributed by atoms with E-state index in [1.165, 1.54) is 0 Å². The molecule has 130 valence electrons. The van der Waals surface area contributed by atoms with Gasteiger partial charge in [-0.3, -0.25) is 4.79 Å². The van der Waals surface area contributed by atoms with Crippen LogP contribution in [-0.2, 0) is 0 Å². The molecule has 0 unspecified atom stereocenters. The molecule has 1 heterocycles. The zero-order chi connectivity index (χ0) is 17.8. The number of carbonyl (C=O) groups excluding carboxylic acids is 1. The lowest BCUT2D eigenvalue weighted by atomic mass is 10.1. The molecule has 2 aromatic carbocycles. The Labute approximate surface area is 161 Å². The van der Waals surface area contributed by atoms with Gasteiger partial charge in [0.2, 0.25) is 0 Å². The number of pyridine rings is 1. The summed E-state index contributed by atoms with van der Waals surface area (Å²) < 4.78 is 1.14. The van der Waals surface area contributed by atoms with Crippen LogP contribution in [0.1, 0.15) is 24.2 Å². The van der Waals surface area contributed by atoms with Crippen LogP contribution in [0.2, 0.25) is 0 Å². The number of hydrogen-bond acceptors (Lipinski definition) is 3. The van der Waals surface area contributed by atoms with Crippen molar-refractivity contribution >= 4 is 50.3 Å². The van der Waals surface area contributed by atoms with Gasteiger partial charge in [0.1, 0.15) is 0 Å². The molecule has 0 radical (unpaired) electrons. The number of halogens is 1. The maximum absolute atomic E-state index is 12.6. The highest BCUT2D eigenvalue weighted by Crippen LogP contribution is 2.23. The molecule has 3 aromatic rings. The first-order valence-corrected chi connectivity index (χ1v) is 9.69. The van der Waals surface area contributed by atoms with Crippen LogP contribution in [-0.4, -0.2) is 42.0 Å². The predicted octanol–water partition coefficient (Wildman–Crippen LogP) is 4.06. The van der Waals surface area contributed by atoms with Crippen LogP contribution in [0.4, 0.5) is 0 Å². The number of para-hydroxylation sites is 1. The molecule has 0 aliphatic rings. The van der Waals surface area contributed by atoms with Crippen molar-refractivity contribution in [2.45, 2.75) is 13.8 Å². The fourth-order valence-electron chi connectivity index (χ4n) is 2.97. The normalized spacial score (nSPS) is 11.4. The van der Waals surface area contributed by atoms with Crippen LogP contribution >= 0.6 is 22.6 Å². The van der Waals surface area contributed by atoms with Crippen molar-refractivity contribution in [1.82, 2.24) is 15.2 Å². The SMILES string of the molecule is CCN(CC)CCNC(=O)c1cccc2cc3ccc(I)cc3nc12. The standard InChI is InChI=1S/C20H22IN3O/c1-3-24(4-2)11-10-22-20(25)17-7-5-6-15-12-14-8-9-16(21)13-18(14)23-19(15)17/h5-9,12-13H,3-4,10-11H2,1-2H3,(H,22,25). The van der Waals surface area contributed by atoms with E-state index in [1.807, 2.05) is 24.3 Å². The Morgan fingerprint density at radius 1 is 1.12 bits per heavy atom. The van der Waals surface area contributed by atoms with E-state index in [1.54, 1.807) is 0 Å². The predicted molar refractivity (Wildman–Crippen MR) is 112 cm³/mol. The Morgan fingerprint density at radius 2 is 1.92 bits per heavy atom. The Balaban J connectivity index is 1.89. The zero-order valence-electron chi connectivity index (χ0n) is 14.6. The van der Waals surface area contributed by atoms with Crippen molar-refractivity contribution in [3.05, 3.63) is 51.6 Å². The van der Waals surface area contributed by atoms with Crippen molar-refractivity contribution in [3.8, 4) is 0 Å². The molecule has 0 spiro atoms. The van der Waals surface area contributed by atoms with Gasteiger partial charge in [0, 0.05) is 27.4 Å². The first-order valence-electron chi connectivity index (χ1n) is 8.62. The van der Waals surface area contributed by atoms with Gasteiger partial charge in [-0.2, -0.15) is 0 Å². The number of fused-ring (bicyclic) bond motifs is 2. The summed E-state index contributed by atoms with van der Waals surface area (Å²) in [5.74, 6) is -0.0600. The monoisotopic (exact) mass is 447 g/mol. The lowest BCUT2D eigenvalue weighted by Gasteiger charge is -2.18. The van der Waals surface area contributed by atoms with Gasteiger partial charge >= 0.3 is 0 Å². The third-order valence-electron chi connectivity index (χ3n) is 4.46. The summed E-state index contributed by atoms with van der Waals surface area (Å²) in [5.41, 5.74) is 2.32. The zero-order valence-corrected chi connectivity index (χ0v) is 16.7. The first-order chi connectivity index (χ1) is 12.1. The fourth-order valence-corrected chi connectivity index (χ4v) is 3.45. The highest BCUT2D eigenvalue weighted by atomic mass is 127. The quantitative estimate of drug-likeness (QED) is 0.458. The minimum Gasteiger partial charge on any atom is -0.351 e. The van der Waals surface area contributed by atoms with Crippen molar-refractivity contribution in [1.29, 1.82) is 0 Å². The van der Waals surface area contributed by atoms with E-state index in [4.69, 9.17) is 4.98 Å². The molecule has 0 saturated carbocycles. The summed E-state index contributed by atoms with van der Waals surface area (Å²) >= 11 is 2.28. The van der Waals surface area contributed by atoms with Gasteiger partial charge in [-0.05, 0) is 59.9 Å². The van der Waals surface area contributed by atoms with E-state index in [-0.39, 0.29) is 5.91 Å². The molecule has 0 aliphatic carbocycles. The minimum absolute atomic E-state index is 0.0600. The van der Waals surface area contributed by atoms with E-state index in [2.05, 4.69) is 64.9 Å². The molecule has 0 atom stereocenters. The minimum atomic E-state index is -0.0600. The molecule has 3 rings (SSSR count). The summed E-state index contributed by atoms with van der Waals surface area (Å²) in [6.07, 6.45) is 0. The average molecular weight is 447 g/mol. The molecule has 0 saturated heterocycles. The molecule has 0 fully saturated rings. The maximum Gasteiger partial charge on any atom is 0.253 e. The molecule has 25 heavy (non-hydrogen) atoms. The van der Waals surface area contributed by atoms with E-state index in [0.29, 0.717) is 12.1 Å². The van der Waals surface area contributed by atoms with Crippen LogP contribution in [0.25, 0.3) is 21.8 Å². The fraction of sp³-hybridized carbons (Fsp3) is 0.300. The van der Waals surface area contributed by atoms with Gasteiger partial charge in [0.05, 0.1) is 16.6 Å². The molecular formula is C20H22IN3O. The van der Waals surface area contributed by atoms with Crippen molar-refractivity contribution in [2.75, 3.05) is 26.2 Å². The van der Waals surface area contributed by atoms with Crippen LogP contribution < -0.4 is 5.32 Å². The molecule has 0 bridgehead atoms. The highest BCUT2D eigenvalue weighted by molar-refractivity contribution is 14.1. The second-order valence-electron chi connectivity index (χ2n) is 5.99. The summed E-state index contributed by atoms with van der Waals surface area (Å²) in [4.78, 5) is 19.7. The third-order valence-corrected chi connectivity index (χ3v) is 5.13. The number of carbonyl (C=O) groups is 1. The van der Waals surface area contributed by atoms with Crippen LogP contribution in [0.5, 0.6) is 0 Å². The summed E-state index contributed by atoms with van der Waals surface area (Å²) in [5, 5.41) is 5.11. The number of rotatable bonds is 6. The number of likely N-dealkylation sites (N-methyl/N-ethyl adjacent to an activating group) is 1. The third kappa shape index (κ3) is 4.10. The molecular weight excluding hydrogens is 425 g/mol. The Kier molecular flexibility index (Phi) is 5.86. The van der Waals surface area contributed by atoms with E-state index < -0.39 is 0 Å². The lowest BCUT2D eigenvalue weighted by molar-refractivity contribution is 0.0950. The Bertz CT molecular complexity index is 906. The van der Waals surface area contributed by atoms with Crippen LogP contribution in [0, 0.1) is 3.57 Å². The molecule has 0 aliphatic heterocycles. The smallest absolute Gasteiger partial charge is 0.253 e. The van der Waals surface area contributed by atoms with E-state index >= 15 is 0 Å². The van der Waals surface area contributed by atoms with Crippen LogP contribution in [0.15, 0.2) is 42.5 Å². The van der Waals surface area contributed by atoms with Gasteiger partial charge < -0.3 is 10.2 Å². The maximum atomic E-state index is 12.6. The van der Waals surface area contributed by atoms with Gasteiger partial charge in [0.15, 0.2) is 0 Å². The number of nitrogens with zero attached hydrogens (tertiary/aromatic N) is 2. The van der Waals surface area contributed by atoms with Gasteiger partial charge in [0.25, 0.3) is 5.91 Å². The largest absolute Gasteiger partial charge is 0.351 e. The van der Waals surface area contributed by atoms with Crippen molar-refractivity contribution in [2.24, 2.45) is 0 Å². The van der Waals surface area contributed by atoms with E-state index in [0.717, 1.165) is 45.0 Å². The van der Waals surface area contributed by atoms with Gasteiger partial charge in [-0.15, -0.1) is 0 Å². The Morgan fingerprint density at radius 3 is 2.68 bits per heavy atom. The van der Waals surface area contributed by atoms with Crippen molar-refractivity contribution in [3.63, 3.8) is 0 Å². The summed E-state index contributed by atoms with van der Waals surface area (Å²) in [6, 6.07) is 14.1. The number of benzene rings is 2. The average Bonchev–Trinajstić information content (AvgIpc) is 2.63. The molecule has 5 heteroatoms. The lowest BCUT2D eigenvalue weighted by Crippen LogP contribution is -2.34. The summed E-state index contributed by atoms with van der Waals surface area (Å²) in [6.45, 7) is 7.75. The number of aromatic nitrogens is 1. The molecule has 1 amide bonds.